The zero-order valence-electron chi connectivity index (χ0n) is 7.61. The molecule has 1 aromatic rings. The predicted octanol–water partition coefficient (Wildman–Crippen LogP) is 2.89. The highest BCUT2D eigenvalue weighted by Gasteiger charge is 2.26. The van der Waals surface area contributed by atoms with E-state index in [0.717, 1.165) is 16.0 Å². The SMILES string of the molecule is NC(c1occc1Br)C1CSCCS1. The van der Waals surface area contributed by atoms with Crippen molar-refractivity contribution in [1.82, 2.24) is 0 Å². The third kappa shape index (κ3) is 2.32. The summed E-state index contributed by atoms with van der Waals surface area (Å²) in [6.07, 6.45) is 1.68. The van der Waals surface area contributed by atoms with Crippen LogP contribution in [0, 0.1) is 0 Å². The molecule has 0 bridgehead atoms. The molecule has 5 heteroatoms. The van der Waals surface area contributed by atoms with Gasteiger partial charge in [-0.2, -0.15) is 23.5 Å². The van der Waals surface area contributed by atoms with Crippen molar-refractivity contribution >= 4 is 39.5 Å². The highest BCUT2D eigenvalue weighted by atomic mass is 79.9. The standard InChI is InChI=1S/C9H12BrNOS2/c10-6-1-2-12-9(6)8(11)7-5-13-3-4-14-7/h1-2,7-8H,3-5,11H2. The Morgan fingerprint density at radius 2 is 2.43 bits per heavy atom. The lowest BCUT2D eigenvalue weighted by atomic mass is 10.2. The van der Waals surface area contributed by atoms with Crippen LogP contribution in [0.4, 0.5) is 0 Å². The maximum absolute atomic E-state index is 6.16. The van der Waals surface area contributed by atoms with Crippen LogP contribution in [-0.2, 0) is 0 Å². The molecule has 1 aromatic heterocycles. The van der Waals surface area contributed by atoms with E-state index in [-0.39, 0.29) is 6.04 Å². The zero-order chi connectivity index (χ0) is 9.97. The Kier molecular flexibility index (Phi) is 3.87. The Labute approximate surface area is 100 Å². The molecule has 2 nitrogen and oxygen atoms in total. The molecule has 2 heterocycles. The summed E-state index contributed by atoms with van der Waals surface area (Å²) in [4.78, 5) is 0. The number of hydrogen-bond donors (Lipinski definition) is 1. The van der Waals surface area contributed by atoms with Crippen LogP contribution in [0.25, 0.3) is 0 Å². The van der Waals surface area contributed by atoms with Crippen LogP contribution in [0.5, 0.6) is 0 Å². The second kappa shape index (κ2) is 4.96. The Morgan fingerprint density at radius 3 is 3.00 bits per heavy atom. The van der Waals surface area contributed by atoms with Gasteiger partial charge in [-0.15, -0.1) is 0 Å². The minimum atomic E-state index is 0.0113. The summed E-state index contributed by atoms with van der Waals surface area (Å²) in [5, 5.41) is 0.483. The first-order valence-corrected chi connectivity index (χ1v) is 7.46. The van der Waals surface area contributed by atoms with Crippen LogP contribution in [0.2, 0.25) is 0 Å². The number of thioether (sulfide) groups is 2. The van der Waals surface area contributed by atoms with E-state index in [0.29, 0.717) is 5.25 Å². The Hall–Kier alpha value is 0.420. The highest BCUT2D eigenvalue weighted by molar-refractivity contribution is 9.10. The van der Waals surface area contributed by atoms with Gasteiger partial charge in [-0.1, -0.05) is 0 Å². The molecular formula is C9H12BrNOS2. The highest BCUT2D eigenvalue weighted by Crippen LogP contribution is 2.35. The first-order valence-electron chi connectivity index (χ1n) is 4.47. The monoisotopic (exact) mass is 293 g/mol. The van der Waals surface area contributed by atoms with E-state index < -0.39 is 0 Å². The maximum Gasteiger partial charge on any atom is 0.135 e. The van der Waals surface area contributed by atoms with Gasteiger partial charge in [0.1, 0.15) is 5.76 Å². The van der Waals surface area contributed by atoms with Crippen molar-refractivity contribution in [3.63, 3.8) is 0 Å². The third-order valence-corrected chi connectivity index (χ3v) is 5.73. The van der Waals surface area contributed by atoms with Gasteiger partial charge in [0, 0.05) is 22.5 Å². The lowest BCUT2D eigenvalue weighted by molar-refractivity contribution is 0.463. The first-order chi connectivity index (χ1) is 6.79. The molecule has 1 fully saturated rings. The van der Waals surface area contributed by atoms with Crippen molar-refractivity contribution in [3.05, 3.63) is 22.6 Å². The summed E-state index contributed by atoms with van der Waals surface area (Å²) < 4.78 is 6.37. The fraction of sp³-hybridized carbons (Fsp3) is 0.556. The van der Waals surface area contributed by atoms with E-state index in [2.05, 4.69) is 15.9 Å². The van der Waals surface area contributed by atoms with E-state index in [9.17, 15) is 0 Å². The van der Waals surface area contributed by atoms with Crippen LogP contribution in [0.15, 0.2) is 21.2 Å². The molecule has 0 saturated carbocycles. The van der Waals surface area contributed by atoms with Crippen molar-refractivity contribution < 1.29 is 4.42 Å². The molecule has 0 spiro atoms. The topological polar surface area (TPSA) is 39.2 Å². The van der Waals surface area contributed by atoms with Crippen LogP contribution < -0.4 is 5.73 Å². The summed E-state index contributed by atoms with van der Waals surface area (Å²) in [6.45, 7) is 0. The Morgan fingerprint density at radius 1 is 1.57 bits per heavy atom. The molecule has 0 aliphatic carbocycles. The van der Waals surface area contributed by atoms with Gasteiger partial charge in [-0.3, -0.25) is 0 Å². The first kappa shape index (κ1) is 10.9. The number of rotatable bonds is 2. The van der Waals surface area contributed by atoms with E-state index in [1.807, 2.05) is 29.6 Å². The minimum absolute atomic E-state index is 0.0113. The van der Waals surface area contributed by atoms with Gasteiger partial charge in [0.2, 0.25) is 0 Å². The van der Waals surface area contributed by atoms with Gasteiger partial charge in [-0.25, -0.2) is 0 Å². The molecule has 1 saturated heterocycles. The molecule has 2 atom stereocenters. The lowest BCUT2D eigenvalue weighted by Crippen LogP contribution is -2.28. The molecule has 14 heavy (non-hydrogen) atoms. The van der Waals surface area contributed by atoms with Crippen molar-refractivity contribution in [2.75, 3.05) is 17.3 Å². The van der Waals surface area contributed by atoms with E-state index in [1.165, 1.54) is 11.5 Å². The molecule has 0 aromatic carbocycles. The summed E-state index contributed by atoms with van der Waals surface area (Å²) in [5.41, 5.74) is 6.16. The van der Waals surface area contributed by atoms with Crippen molar-refractivity contribution in [3.8, 4) is 0 Å². The summed E-state index contributed by atoms with van der Waals surface area (Å²) in [5.74, 6) is 4.44. The predicted molar refractivity (Wildman–Crippen MR) is 66.9 cm³/mol. The number of halogens is 1. The quantitative estimate of drug-likeness (QED) is 0.910. The molecule has 2 unspecified atom stereocenters. The maximum atomic E-state index is 6.16. The second-order valence-electron chi connectivity index (χ2n) is 3.14. The Balaban J connectivity index is 2.07. The molecule has 0 amide bonds. The summed E-state index contributed by atoms with van der Waals surface area (Å²) in [6, 6.07) is 1.91. The average molecular weight is 294 g/mol. The van der Waals surface area contributed by atoms with Crippen molar-refractivity contribution in [2.45, 2.75) is 11.3 Å². The van der Waals surface area contributed by atoms with Gasteiger partial charge in [0.25, 0.3) is 0 Å². The minimum Gasteiger partial charge on any atom is -0.466 e. The van der Waals surface area contributed by atoms with E-state index in [4.69, 9.17) is 10.2 Å². The molecule has 78 valence electrons. The fourth-order valence-corrected chi connectivity index (χ4v) is 4.66. The number of hydrogen-bond acceptors (Lipinski definition) is 4. The molecule has 1 aliphatic heterocycles. The summed E-state index contributed by atoms with van der Waals surface area (Å²) in [7, 11) is 0. The number of nitrogens with two attached hydrogens (primary N) is 1. The van der Waals surface area contributed by atoms with E-state index in [1.54, 1.807) is 6.26 Å². The second-order valence-corrected chi connectivity index (χ2v) is 6.49. The van der Waals surface area contributed by atoms with Gasteiger partial charge < -0.3 is 10.2 Å². The largest absolute Gasteiger partial charge is 0.466 e. The lowest BCUT2D eigenvalue weighted by Gasteiger charge is -2.25. The molecular weight excluding hydrogens is 282 g/mol. The third-order valence-electron chi connectivity index (χ3n) is 2.19. The average Bonchev–Trinajstić information content (AvgIpc) is 2.65. The number of furan rings is 1. The van der Waals surface area contributed by atoms with Gasteiger partial charge in [0.05, 0.1) is 16.8 Å². The fourth-order valence-electron chi connectivity index (χ4n) is 1.43. The van der Waals surface area contributed by atoms with Crippen molar-refractivity contribution in [1.29, 1.82) is 0 Å². The zero-order valence-corrected chi connectivity index (χ0v) is 10.8. The van der Waals surface area contributed by atoms with Crippen LogP contribution in [-0.4, -0.2) is 22.5 Å². The van der Waals surface area contributed by atoms with Gasteiger partial charge in [-0.05, 0) is 22.0 Å². The molecule has 0 radical (unpaired) electrons. The normalized spacial score (nSPS) is 24.9. The summed E-state index contributed by atoms with van der Waals surface area (Å²) >= 11 is 7.37. The Bertz CT molecular complexity index is 299. The van der Waals surface area contributed by atoms with Crippen molar-refractivity contribution in [2.24, 2.45) is 5.73 Å². The molecule has 1 aliphatic rings. The van der Waals surface area contributed by atoms with Crippen LogP contribution in [0.3, 0.4) is 0 Å². The van der Waals surface area contributed by atoms with Crippen LogP contribution >= 0.6 is 39.5 Å². The van der Waals surface area contributed by atoms with Crippen LogP contribution in [0.1, 0.15) is 11.8 Å². The van der Waals surface area contributed by atoms with E-state index >= 15 is 0 Å². The smallest absolute Gasteiger partial charge is 0.135 e. The van der Waals surface area contributed by atoms with Gasteiger partial charge >= 0.3 is 0 Å². The molecule has 2 rings (SSSR count). The van der Waals surface area contributed by atoms with Gasteiger partial charge in [0.15, 0.2) is 0 Å². The molecule has 2 N–H and O–H groups in total.